The van der Waals surface area contributed by atoms with Crippen molar-refractivity contribution < 1.29 is 29.1 Å². The fourth-order valence-corrected chi connectivity index (χ4v) is 3.77. The minimum atomic E-state index is -0.920. The van der Waals surface area contributed by atoms with Gasteiger partial charge < -0.3 is 10.0 Å². The zero-order valence-electron chi connectivity index (χ0n) is 20.0. The van der Waals surface area contributed by atoms with E-state index in [0.29, 0.717) is 45.7 Å². The van der Waals surface area contributed by atoms with Crippen LogP contribution in [0.4, 0.5) is 14.4 Å². The Morgan fingerprint density at radius 3 is 1.44 bits per heavy atom. The van der Waals surface area contributed by atoms with Crippen molar-refractivity contribution in [2.24, 2.45) is 9.98 Å². The van der Waals surface area contributed by atoms with Gasteiger partial charge in [0.05, 0.1) is 13.1 Å². The standard InChI is InChI=1S/C23H37N5O6/c29-19-24-13-7-1-3-9-15-26(23(33)34)16-10-5-6-12-18-28-21(31)27(22(28)32)17-11-4-2-8-14-25-20-30/h1-18H2,(H,33,34). The molecule has 0 spiro atoms. The molecule has 1 rings (SSSR count). The van der Waals surface area contributed by atoms with Gasteiger partial charge >= 0.3 is 18.2 Å². The summed E-state index contributed by atoms with van der Waals surface area (Å²) in [6, 6.07) is -0.490. The maximum atomic E-state index is 12.1. The third-order valence-corrected chi connectivity index (χ3v) is 5.73. The van der Waals surface area contributed by atoms with Crippen molar-refractivity contribution in [2.45, 2.75) is 77.0 Å². The number of aliphatic imine (C=N–C) groups is 2. The van der Waals surface area contributed by atoms with Crippen LogP contribution in [0.1, 0.15) is 77.0 Å². The lowest BCUT2D eigenvalue weighted by atomic mass is 10.1. The van der Waals surface area contributed by atoms with Crippen molar-refractivity contribution in [2.75, 3.05) is 39.3 Å². The molecule has 34 heavy (non-hydrogen) atoms. The fraction of sp³-hybridized carbons (Fsp3) is 0.783. The Bertz CT molecular complexity index is 717. The average Bonchev–Trinajstić information content (AvgIpc) is 2.82. The van der Waals surface area contributed by atoms with Crippen LogP contribution >= 0.6 is 0 Å². The molecule has 190 valence electrons. The first-order chi connectivity index (χ1) is 16.5. The summed E-state index contributed by atoms with van der Waals surface area (Å²) in [6.07, 6.45) is 11.9. The molecule has 0 aliphatic carbocycles. The third kappa shape index (κ3) is 11.7. The normalized spacial score (nSPS) is 12.7. The quantitative estimate of drug-likeness (QED) is 0.149. The molecule has 11 heteroatoms. The second-order valence-corrected chi connectivity index (χ2v) is 8.33. The zero-order valence-corrected chi connectivity index (χ0v) is 20.0. The zero-order chi connectivity index (χ0) is 25.0. The summed E-state index contributed by atoms with van der Waals surface area (Å²) in [7, 11) is 0. The Morgan fingerprint density at radius 2 is 1.06 bits per heavy atom. The molecule has 5 amide bonds. The van der Waals surface area contributed by atoms with Crippen LogP contribution in [0, 0.1) is 0 Å². The van der Waals surface area contributed by atoms with E-state index < -0.39 is 6.09 Å². The second kappa shape index (κ2) is 18.4. The number of carbonyl (C=O) groups is 3. The molecular weight excluding hydrogens is 442 g/mol. The van der Waals surface area contributed by atoms with Crippen molar-refractivity contribution in [3.8, 4) is 0 Å². The molecule has 0 bridgehead atoms. The summed E-state index contributed by atoms with van der Waals surface area (Å²) in [4.78, 5) is 66.6. The van der Waals surface area contributed by atoms with E-state index in [9.17, 15) is 29.1 Å². The largest absolute Gasteiger partial charge is 0.465 e. The number of hydrogen-bond donors (Lipinski definition) is 1. The lowest BCUT2D eigenvalue weighted by Crippen LogP contribution is -2.64. The molecule has 11 nitrogen and oxygen atoms in total. The number of isocyanates is 2. The molecule has 0 saturated carbocycles. The number of rotatable bonds is 21. The maximum absolute atomic E-state index is 12.1. The van der Waals surface area contributed by atoms with Gasteiger partial charge in [0.1, 0.15) is 0 Å². The number of imide groups is 2. The number of urea groups is 2. The van der Waals surface area contributed by atoms with E-state index in [1.54, 1.807) is 0 Å². The van der Waals surface area contributed by atoms with Crippen molar-refractivity contribution >= 4 is 30.3 Å². The first-order valence-electron chi connectivity index (χ1n) is 12.2. The van der Waals surface area contributed by atoms with Gasteiger partial charge in [0, 0.05) is 26.2 Å². The molecule has 0 unspecified atom stereocenters. The SMILES string of the molecule is O=C=NCCCCCCN(CCCCCCN1C(=O)N(CCCCCCN=C=O)C1=O)C(=O)O. The monoisotopic (exact) mass is 479 g/mol. The van der Waals surface area contributed by atoms with Crippen LogP contribution in [-0.4, -0.2) is 89.4 Å². The Balaban J connectivity index is 2.07. The fourth-order valence-electron chi connectivity index (χ4n) is 3.77. The van der Waals surface area contributed by atoms with Crippen LogP contribution in [0.3, 0.4) is 0 Å². The molecule has 1 aliphatic heterocycles. The molecular formula is C23H37N5O6. The van der Waals surface area contributed by atoms with Crippen molar-refractivity contribution in [3.63, 3.8) is 0 Å². The summed E-state index contributed by atoms with van der Waals surface area (Å²) in [5.74, 6) is 0. The molecule has 1 aliphatic rings. The van der Waals surface area contributed by atoms with Gasteiger partial charge in [0.2, 0.25) is 12.2 Å². The first-order valence-corrected chi connectivity index (χ1v) is 12.2. The highest BCUT2D eigenvalue weighted by Crippen LogP contribution is 2.19. The van der Waals surface area contributed by atoms with Crippen LogP contribution in [0.15, 0.2) is 9.98 Å². The molecule has 0 radical (unpaired) electrons. The predicted molar refractivity (Wildman–Crippen MR) is 125 cm³/mol. The van der Waals surface area contributed by atoms with E-state index in [1.165, 1.54) is 26.9 Å². The Morgan fingerprint density at radius 1 is 0.676 bits per heavy atom. The van der Waals surface area contributed by atoms with E-state index in [-0.39, 0.29) is 12.1 Å². The molecule has 0 aromatic carbocycles. The number of amides is 5. The van der Waals surface area contributed by atoms with Crippen molar-refractivity contribution in [1.82, 2.24) is 14.7 Å². The maximum Gasteiger partial charge on any atom is 0.407 e. The molecule has 1 fully saturated rings. The minimum Gasteiger partial charge on any atom is -0.465 e. The number of hydrogen-bond acceptors (Lipinski definition) is 7. The van der Waals surface area contributed by atoms with E-state index in [1.807, 2.05) is 0 Å². The molecule has 0 aromatic rings. The van der Waals surface area contributed by atoms with Gasteiger partial charge in [-0.1, -0.05) is 38.5 Å². The lowest BCUT2D eigenvalue weighted by molar-refractivity contribution is 0.103. The molecule has 0 atom stereocenters. The number of unbranched alkanes of at least 4 members (excludes halogenated alkanes) is 9. The minimum absolute atomic E-state index is 0.245. The van der Waals surface area contributed by atoms with Crippen molar-refractivity contribution in [3.05, 3.63) is 0 Å². The number of carboxylic acid groups (broad SMARTS) is 1. The third-order valence-electron chi connectivity index (χ3n) is 5.73. The Kier molecular flexibility index (Phi) is 15.7. The summed E-state index contributed by atoms with van der Waals surface area (Å²) in [6.45, 7) is 2.72. The topological polar surface area (TPSA) is 140 Å². The van der Waals surface area contributed by atoms with Crippen molar-refractivity contribution in [1.29, 1.82) is 0 Å². The highest BCUT2D eigenvalue weighted by molar-refractivity contribution is 6.11. The second-order valence-electron chi connectivity index (χ2n) is 8.33. The van der Waals surface area contributed by atoms with Crippen LogP contribution in [0.5, 0.6) is 0 Å². The number of nitrogens with zero attached hydrogens (tertiary/aromatic N) is 5. The molecule has 1 N–H and O–H groups in total. The summed E-state index contributed by atoms with van der Waals surface area (Å²) >= 11 is 0. The highest BCUT2D eigenvalue weighted by atomic mass is 16.4. The van der Waals surface area contributed by atoms with Crippen LogP contribution in [-0.2, 0) is 9.59 Å². The van der Waals surface area contributed by atoms with Gasteiger partial charge in [-0.25, -0.2) is 43.8 Å². The number of carbonyl (C=O) groups excluding carboxylic acids is 4. The lowest BCUT2D eigenvalue weighted by Gasteiger charge is -2.39. The molecule has 1 heterocycles. The van der Waals surface area contributed by atoms with Gasteiger partial charge in [-0.2, -0.15) is 0 Å². The molecule has 0 aromatic heterocycles. The average molecular weight is 480 g/mol. The van der Waals surface area contributed by atoms with E-state index >= 15 is 0 Å². The van der Waals surface area contributed by atoms with Gasteiger partial charge in [0.25, 0.3) is 0 Å². The van der Waals surface area contributed by atoms with Crippen LogP contribution < -0.4 is 0 Å². The summed E-state index contributed by atoms with van der Waals surface area (Å²) in [5.41, 5.74) is 0. The first kappa shape index (κ1) is 29.0. The van der Waals surface area contributed by atoms with E-state index in [0.717, 1.165) is 70.6 Å². The Labute approximate surface area is 200 Å². The van der Waals surface area contributed by atoms with Crippen LogP contribution in [0.2, 0.25) is 0 Å². The van der Waals surface area contributed by atoms with E-state index in [2.05, 4.69) is 9.98 Å². The van der Waals surface area contributed by atoms with E-state index in [4.69, 9.17) is 0 Å². The van der Waals surface area contributed by atoms with Gasteiger partial charge in [-0.15, -0.1) is 0 Å². The summed E-state index contributed by atoms with van der Waals surface area (Å²) in [5, 5.41) is 9.33. The van der Waals surface area contributed by atoms with Gasteiger partial charge in [-0.3, -0.25) is 0 Å². The van der Waals surface area contributed by atoms with Gasteiger partial charge in [-0.05, 0) is 38.5 Å². The smallest absolute Gasteiger partial charge is 0.407 e. The Hall–Kier alpha value is -3.03. The molecule has 1 saturated heterocycles. The van der Waals surface area contributed by atoms with Gasteiger partial charge in [0.15, 0.2) is 0 Å². The van der Waals surface area contributed by atoms with Crippen LogP contribution in [0.25, 0.3) is 0 Å². The predicted octanol–water partition coefficient (Wildman–Crippen LogP) is 4.18. The highest BCUT2D eigenvalue weighted by Gasteiger charge is 2.42. The summed E-state index contributed by atoms with van der Waals surface area (Å²) < 4.78 is 0.